The summed E-state index contributed by atoms with van der Waals surface area (Å²) in [5.74, 6) is 1.90. The summed E-state index contributed by atoms with van der Waals surface area (Å²) in [6.45, 7) is 17.1. The van der Waals surface area contributed by atoms with E-state index in [0.717, 1.165) is 24.7 Å². The third kappa shape index (κ3) is 17.8. The summed E-state index contributed by atoms with van der Waals surface area (Å²) in [5.41, 5.74) is 0. The smallest absolute Gasteiger partial charge is 0.223 e. The number of hydrogen-bond acceptors (Lipinski definition) is 5. The van der Waals surface area contributed by atoms with Crippen LogP contribution in [0.2, 0.25) is 0 Å². The van der Waals surface area contributed by atoms with E-state index >= 15 is 0 Å². The van der Waals surface area contributed by atoms with E-state index in [1.54, 1.807) is 7.11 Å². The van der Waals surface area contributed by atoms with Crippen LogP contribution in [0.1, 0.15) is 68.7 Å². The Bertz CT molecular complexity index is 338. The number of carbonyl (C=O) groups is 1. The molecule has 1 N–H and O–H groups in total. The van der Waals surface area contributed by atoms with Crippen LogP contribution >= 0.6 is 0 Å². The van der Waals surface area contributed by atoms with Crippen molar-refractivity contribution < 1.29 is 25.2 Å². The van der Waals surface area contributed by atoms with Crippen LogP contribution in [0.25, 0.3) is 0 Å². The quantitative estimate of drug-likeness (QED) is 0.417. The van der Waals surface area contributed by atoms with Crippen LogP contribution in [0.5, 0.6) is 0 Å². The molecule has 0 aromatic heterocycles. The number of nitrogens with one attached hydrogen (secondary N) is 1. The molecule has 0 aliphatic heterocycles. The van der Waals surface area contributed by atoms with Gasteiger partial charge in [-0.2, -0.15) is 0 Å². The molecule has 0 spiro atoms. The van der Waals surface area contributed by atoms with Gasteiger partial charge in [-0.1, -0.05) is 41.5 Å². The minimum absolute atomic E-state index is 0. The lowest BCUT2D eigenvalue weighted by Crippen LogP contribution is -2.35. The van der Waals surface area contributed by atoms with Crippen molar-refractivity contribution in [1.82, 2.24) is 5.32 Å². The minimum Gasteiger partial charge on any atom is -0.382 e. The Morgan fingerprint density at radius 3 is 1.72 bits per heavy atom. The molecule has 1 fully saturated rings. The topological polar surface area (TPSA) is 66.0 Å². The molecule has 1 amide bonds. The van der Waals surface area contributed by atoms with Crippen molar-refractivity contribution in [3.8, 4) is 0 Å². The van der Waals surface area contributed by atoms with E-state index < -0.39 is 0 Å². The highest BCUT2D eigenvalue weighted by Gasteiger charge is 2.27. The van der Waals surface area contributed by atoms with Gasteiger partial charge >= 0.3 is 0 Å². The van der Waals surface area contributed by atoms with Gasteiger partial charge in [0.05, 0.1) is 46.2 Å². The van der Waals surface area contributed by atoms with Gasteiger partial charge in [-0.3, -0.25) is 4.79 Å². The zero-order chi connectivity index (χ0) is 22.3. The van der Waals surface area contributed by atoms with Gasteiger partial charge in [-0.05, 0) is 37.5 Å². The predicted octanol–water partition coefficient (Wildman–Crippen LogP) is 4.56. The zero-order valence-corrected chi connectivity index (χ0v) is 20.3. The third-order valence-corrected chi connectivity index (χ3v) is 4.81. The SMILES string of the molecule is CC.CC.COCCOCCOCCOCCNC(=O)C1CCC(C(C)C)CC1.[HH]. The minimum atomic E-state index is 0. The van der Waals surface area contributed by atoms with Gasteiger partial charge in [0.25, 0.3) is 0 Å². The van der Waals surface area contributed by atoms with Crippen LogP contribution in [0.15, 0.2) is 0 Å². The molecule has 1 saturated carbocycles. The van der Waals surface area contributed by atoms with Gasteiger partial charge in [0, 0.05) is 21.0 Å². The highest BCUT2D eigenvalue weighted by atomic mass is 16.6. The molecule has 178 valence electrons. The summed E-state index contributed by atoms with van der Waals surface area (Å²) in [7, 11) is 1.65. The molecule has 0 bridgehead atoms. The Morgan fingerprint density at radius 1 is 0.828 bits per heavy atom. The Morgan fingerprint density at radius 2 is 1.28 bits per heavy atom. The van der Waals surface area contributed by atoms with Crippen molar-refractivity contribution in [2.24, 2.45) is 17.8 Å². The predicted molar refractivity (Wildman–Crippen MR) is 122 cm³/mol. The van der Waals surface area contributed by atoms with Gasteiger partial charge in [-0.15, -0.1) is 0 Å². The lowest BCUT2D eigenvalue weighted by Gasteiger charge is -2.30. The van der Waals surface area contributed by atoms with E-state index in [4.69, 9.17) is 18.9 Å². The van der Waals surface area contributed by atoms with Crippen molar-refractivity contribution >= 4 is 5.91 Å². The van der Waals surface area contributed by atoms with Gasteiger partial charge in [0.15, 0.2) is 0 Å². The van der Waals surface area contributed by atoms with Crippen molar-refractivity contribution in [1.29, 1.82) is 0 Å². The summed E-state index contributed by atoms with van der Waals surface area (Å²) in [6.07, 6.45) is 4.41. The van der Waals surface area contributed by atoms with Crippen molar-refractivity contribution in [3.63, 3.8) is 0 Å². The Hall–Kier alpha value is -0.690. The maximum absolute atomic E-state index is 12.1. The molecule has 0 unspecified atom stereocenters. The second kappa shape index (κ2) is 23.6. The average Bonchev–Trinajstić information content (AvgIpc) is 2.77. The first-order chi connectivity index (χ1) is 14.1. The maximum Gasteiger partial charge on any atom is 0.223 e. The first-order valence-electron chi connectivity index (χ1n) is 11.6. The fraction of sp³-hybridized carbons (Fsp3) is 0.957. The summed E-state index contributed by atoms with van der Waals surface area (Å²) in [5, 5.41) is 2.99. The summed E-state index contributed by atoms with van der Waals surface area (Å²) < 4.78 is 21.0. The van der Waals surface area contributed by atoms with Crippen LogP contribution < -0.4 is 5.32 Å². The third-order valence-electron chi connectivity index (χ3n) is 4.81. The lowest BCUT2D eigenvalue weighted by atomic mass is 9.77. The highest BCUT2D eigenvalue weighted by Crippen LogP contribution is 2.33. The van der Waals surface area contributed by atoms with Crippen LogP contribution in [0.4, 0.5) is 0 Å². The highest BCUT2D eigenvalue weighted by molar-refractivity contribution is 5.78. The molecule has 0 heterocycles. The van der Waals surface area contributed by atoms with E-state index in [-0.39, 0.29) is 13.3 Å². The van der Waals surface area contributed by atoms with Crippen LogP contribution in [0.3, 0.4) is 0 Å². The van der Waals surface area contributed by atoms with E-state index in [0.29, 0.717) is 52.8 Å². The molecule has 1 rings (SSSR count). The van der Waals surface area contributed by atoms with Gasteiger partial charge < -0.3 is 24.3 Å². The molecule has 0 aromatic carbocycles. The molecule has 1 aliphatic rings. The van der Waals surface area contributed by atoms with Gasteiger partial charge in [0.1, 0.15) is 0 Å². The van der Waals surface area contributed by atoms with Crippen molar-refractivity contribution in [3.05, 3.63) is 0 Å². The molecule has 1 aliphatic carbocycles. The second-order valence-corrected chi connectivity index (χ2v) is 6.98. The van der Waals surface area contributed by atoms with Crippen molar-refractivity contribution in [2.75, 3.05) is 59.9 Å². The van der Waals surface area contributed by atoms with E-state index in [2.05, 4.69) is 19.2 Å². The van der Waals surface area contributed by atoms with E-state index in [1.165, 1.54) is 12.8 Å². The van der Waals surface area contributed by atoms with Crippen LogP contribution in [0, 0.1) is 17.8 Å². The number of hydrogen-bond donors (Lipinski definition) is 1. The fourth-order valence-corrected chi connectivity index (χ4v) is 3.12. The largest absolute Gasteiger partial charge is 0.382 e. The molecule has 0 saturated heterocycles. The Balaban J connectivity index is -0.00000137. The first-order valence-corrected chi connectivity index (χ1v) is 11.6. The molecule has 29 heavy (non-hydrogen) atoms. The monoisotopic (exact) mass is 421 g/mol. The maximum atomic E-state index is 12.1. The fourth-order valence-electron chi connectivity index (χ4n) is 3.12. The Kier molecular flexibility index (Phi) is 24.8. The molecule has 0 atom stereocenters. The zero-order valence-electron chi connectivity index (χ0n) is 20.3. The molecule has 6 heteroatoms. The number of rotatable bonds is 14. The Labute approximate surface area is 181 Å². The number of amides is 1. The van der Waals surface area contributed by atoms with Crippen molar-refractivity contribution in [2.45, 2.75) is 67.2 Å². The van der Waals surface area contributed by atoms with E-state index in [1.807, 2.05) is 27.7 Å². The first kappa shape index (κ1) is 30.5. The number of ether oxygens (including phenoxy) is 4. The summed E-state index contributed by atoms with van der Waals surface area (Å²) in [4.78, 5) is 12.1. The van der Waals surface area contributed by atoms with Crippen LogP contribution in [-0.4, -0.2) is 65.8 Å². The number of carbonyl (C=O) groups excluding carboxylic acids is 1. The molecule has 6 nitrogen and oxygen atoms in total. The van der Waals surface area contributed by atoms with Gasteiger partial charge in [-0.25, -0.2) is 0 Å². The summed E-state index contributed by atoms with van der Waals surface area (Å²) in [6, 6.07) is 0. The normalized spacial score (nSPS) is 18.3. The molecular weight excluding hydrogens is 370 g/mol. The molecular formula is C23H51NO5. The standard InChI is InChI=1S/C19H37NO5.2C2H6.H2/c1-16(2)17-4-6-18(7-5-17)19(21)20-8-9-23-12-13-25-15-14-24-11-10-22-3;2*1-2;/h16-18H,4-15H2,1-3H3,(H,20,21);2*1-2H3;1H. The van der Waals surface area contributed by atoms with Crippen LogP contribution in [-0.2, 0) is 23.7 Å². The van der Waals surface area contributed by atoms with Gasteiger partial charge in [0.2, 0.25) is 5.91 Å². The number of methoxy groups -OCH3 is 1. The average molecular weight is 422 g/mol. The summed E-state index contributed by atoms with van der Waals surface area (Å²) >= 11 is 0. The molecule has 0 radical (unpaired) electrons. The molecule has 0 aromatic rings. The second-order valence-electron chi connectivity index (χ2n) is 6.98. The van der Waals surface area contributed by atoms with E-state index in [9.17, 15) is 4.79 Å². The lowest BCUT2D eigenvalue weighted by molar-refractivity contribution is -0.126.